The van der Waals surface area contributed by atoms with Crippen LogP contribution in [0.3, 0.4) is 0 Å². The second kappa shape index (κ2) is 10.5. The Kier molecular flexibility index (Phi) is 7.78. The Labute approximate surface area is 163 Å². The van der Waals surface area contributed by atoms with E-state index in [0.717, 1.165) is 63.6 Å². The van der Waals surface area contributed by atoms with Gasteiger partial charge in [-0.1, -0.05) is 25.1 Å². The maximum Gasteiger partial charge on any atom is 0.191 e. The molecular formula is C21H34N4O2. The van der Waals surface area contributed by atoms with Gasteiger partial charge in [-0.05, 0) is 30.7 Å². The van der Waals surface area contributed by atoms with E-state index in [1.165, 1.54) is 18.4 Å². The highest BCUT2D eigenvalue weighted by molar-refractivity contribution is 5.79. The second-order valence-electron chi connectivity index (χ2n) is 7.69. The fourth-order valence-electron chi connectivity index (χ4n) is 3.24. The molecule has 0 bridgehead atoms. The van der Waals surface area contributed by atoms with Gasteiger partial charge in [0.1, 0.15) is 5.75 Å². The highest BCUT2D eigenvalue weighted by Crippen LogP contribution is 2.30. The lowest BCUT2D eigenvalue weighted by molar-refractivity contribution is 0.0320. The summed E-state index contributed by atoms with van der Waals surface area (Å²) < 4.78 is 11.4. The lowest BCUT2D eigenvalue weighted by atomic mass is 10.1. The van der Waals surface area contributed by atoms with E-state index < -0.39 is 0 Å². The molecule has 1 unspecified atom stereocenters. The molecule has 1 aliphatic carbocycles. The summed E-state index contributed by atoms with van der Waals surface area (Å²) in [6, 6.07) is 8.26. The quantitative estimate of drug-likeness (QED) is 0.512. The third kappa shape index (κ3) is 7.03. The van der Waals surface area contributed by atoms with E-state index in [2.05, 4.69) is 45.6 Å². The predicted molar refractivity (Wildman–Crippen MR) is 109 cm³/mol. The SMILES string of the molecule is CN=C(NCc1ccccc1OCC1CC1)NCC(C)CN1CCOCC1. The molecule has 2 aliphatic rings. The van der Waals surface area contributed by atoms with Gasteiger partial charge in [-0.25, -0.2) is 0 Å². The maximum atomic E-state index is 5.99. The van der Waals surface area contributed by atoms with Gasteiger partial charge >= 0.3 is 0 Å². The molecule has 2 N–H and O–H groups in total. The van der Waals surface area contributed by atoms with Gasteiger partial charge in [-0.15, -0.1) is 0 Å². The highest BCUT2D eigenvalue weighted by Gasteiger charge is 2.22. The number of hydrogen-bond acceptors (Lipinski definition) is 4. The Bertz CT molecular complexity index is 598. The van der Waals surface area contributed by atoms with E-state index >= 15 is 0 Å². The summed E-state index contributed by atoms with van der Waals surface area (Å²) in [7, 11) is 1.82. The van der Waals surface area contributed by atoms with Crippen molar-refractivity contribution < 1.29 is 9.47 Å². The number of rotatable bonds is 9. The molecule has 0 spiro atoms. The van der Waals surface area contributed by atoms with Gasteiger partial charge in [-0.2, -0.15) is 0 Å². The lowest BCUT2D eigenvalue weighted by Crippen LogP contribution is -2.43. The standard InChI is InChI=1S/C21H34N4O2/c1-17(15-25-9-11-26-12-10-25)13-23-21(22-2)24-14-19-5-3-4-6-20(19)27-16-18-7-8-18/h3-6,17-18H,7-16H2,1-2H3,(H2,22,23,24). The number of para-hydroxylation sites is 1. The van der Waals surface area contributed by atoms with Crippen LogP contribution in [0.4, 0.5) is 0 Å². The molecule has 6 nitrogen and oxygen atoms in total. The van der Waals surface area contributed by atoms with Gasteiger partial charge < -0.3 is 20.1 Å². The third-order valence-electron chi connectivity index (χ3n) is 5.11. The van der Waals surface area contributed by atoms with Gasteiger partial charge in [0, 0.05) is 45.3 Å². The van der Waals surface area contributed by atoms with Crippen LogP contribution in [0, 0.1) is 11.8 Å². The molecule has 1 heterocycles. The van der Waals surface area contributed by atoms with Crippen LogP contribution in [0.1, 0.15) is 25.3 Å². The van der Waals surface area contributed by atoms with Crippen molar-refractivity contribution in [3.8, 4) is 5.75 Å². The summed E-state index contributed by atoms with van der Waals surface area (Å²) in [6.07, 6.45) is 2.61. The Hall–Kier alpha value is -1.79. The normalized spacial score (nSPS) is 19.6. The van der Waals surface area contributed by atoms with Crippen molar-refractivity contribution in [2.45, 2.75) is 26.3 Å². The zero-order valence-electron chi connectivity index (χ0n) is 16.7. The molecule has 27 heavy (non-hydrogen) atoms. The Balaban J connectivity index is 1.40. The van der Waals surface area contributed by atoms with E-state index in [9.17, 15) is 0 Å². The van der Waals surface area contributed by atoms with E-state index in [-0.39, 0.29) is 0 Å². The topological polar surface area (TPSA) is 58.1 Å². The first-order chi connectivity index (χ1) is 13.2. The molecular weight excluding hydrogens is 340 g/mol. The molecule has 1 saturated heterocycles. The molecule has 0 radical (unpaired) electrons. The van der Waals surface area contributed by atoms with Crippen LogP contribution in [-0.4, -0.2) is 63.9 Å². The Morgan fingerprint density at radius 3 is 2.78 bits per heavy atom. The Morgan fingerprint density at radius 1 is 1.26 bits per heavy atom. The number of hydrogen-bond donors (Lipinski definition) is 2. The summed E-state index contributed by atoms with van der Waals surface area (Å²) >= 11 is 0. The zero-order chi connectivity index (χ0) is 18.9. The summed E-state index contributed by atoms with van der Waals surface area (Å²) in [4.78, 5) is 6.83. The second-order valence-corrected chi connectivity index (χ2v) is 7.69. The van der Waals surface area contributed by atoms with Crippen LogP contribution in [0.15, 0.2) is 29.3 Å². The van der Waals surface area contributed by atoms with Crippen molar-refractivity contribution in [2.24, 2.45) is 16.8 Å². The molecule has 1 saturated carbocycles. The zero-order valence-corrected chi connectivity index (χ0v) is 16.7. The minimum atomic E-state index is 0.552. The molecule has 150 valence electrons. The van der Waals surface area contributed by atoms with Crippen molar-refractivity contribution in [3.63, 3.8) is 0 Å². The number of nitrogens with one attached hydrogen (secondary N) is 2. The van der Waals surface area contributed by atoms with Gasteiger partial charge in [0.15, 0.2) is 5.96 Å². The molecule has 1 aromatic rings. The van der Waals surface area contributed by atoms with Gasteiger partial charge in [0.05, 0.1) is 19.8 Å². The Morgan fingerprint density at radius 2 is 2.04 bits per heavy atom. The molecule has 2 fully saturated rings. The number of benzene rings is 1. The van der Waals surface area contributed by atoms with Crippen LogP contribution < -0.4 is 15.4 Å². The summed E-state index contributed by atoms with van der Waals surface area (Å²) in [5, 5.41) is 6.86. The summed E-state index contributed by atoms with van der Waals surface area (Å²) in [5.41, 5.74) is 1.17. The summed E-state index contributed by atoms with van der Waals surface area (Å²) in [5.74, 6) is 3.12. The first kappa shape index (κ1) is 20.0. The van der Waals surface area contributed by atoms with Crippen molar-refractivity contribution >= 4 is 5.96 Å². The van der Waals surface area contributed by atoms with E-state index in [1.54, 1.807) is 0 Å². The highest BCUT2D eigenvalue weighted by atomic mass is 16.5. The van der Waals surface area contributed by atoms with E-state index in [0.29, 0.717) is 12.5 Å². The number of aliphatic imine (C=N–C) groups is 1. The molecule has 0 amide bonds. The average Bonchev–Trinajstić information content (AvgIpc) is 3.52. The van der Waals surface area contributed by atoms with Gasteiger partial charge in [-0.3, -0.25) is 9.89 Å². The molecule has 1 aliphatic heterocycles. The van der Waals surface area contributed by atoms with E-state index in [1.807, 2.05) is 13.1 Å². The number of guanidine groups is 1. The van der Waals surface area contributed by atoms with Crippen molar-refractivity contribution in [1.82, 2.24) is 15.5 Å². The van der Waals surface area contributed by atoms with Gasteiger partial charge in [0.25, 0.3) is 0 Å². The average molecular weight is 375 g/mol. The first-order valence-corrected chi connectivity index (χ1v) is 10.2. The first-order valence-electron chi connectivity index (χ1n) is 10.2. The molecule has 1 atom stereocenters. The van der Waals surface area contributed by atoms with Crippen LogP contribution in [0.5, 0.6) is 5.75 Å². The molecule has 1 aromatic carbocycles. The van der Waals surface area contributed by atoms with Crippen molar-refractivity contribution in [1.29, 1.82) is 0 Å². The largest absolute Gasteiger partial charge is 0.493 e. The van der Waals surface area contributed by atoms with Gasteiger partial charge in [0.2, 0.25) is 0 Å². The van der Waals surface area contributed by atoms with Crippen LogP contribution in [-0.2, 0) is 11.3 Å². The fraction of sp³-hybridized carbons (Fsp3) is 0.667. The van der Waals surface area contributed by atoms with E-state index in [4.69, 9.17) is 9.47 Å². The molecule has 3 rings (SSSR count). The smallest absolute Gasteiger partial charge is 0.191 e. The van der Waals surface area contributed by atoms with Crippen LogP contribution in [0.25, 0.3) is 0 Å². The number of ether oxygens (including phenoxy) is 2. The maximum absolute atomic E-state index is 5.99. The van der Waals surface area contributed by atoms with Crippen LogP contribution in [0.2, 0.25) is 0 Å². The van der Waals surface area contributed by atoms with Crippen molar-refractivity contribution in [2.75, 3.05) is 53.0 Å². The molecule has 6 heteroatoms. The predicted octanol–water partition coefficient (Wildman–Crippen LogP) is 2.11. The number of nitrogens with zero attached hydrogens (tertiary/aromatic N) is 2. The monoisotopic (exact) mass is 374 g/mol. The minimum Gasteiger partial charge on any atom is -0.493 e. The van der Waals surface area contributed by atoms with Crippen molar-refractivity contribution in [3.05, 3.63) is 29.8 Å². The molecule has 0 aromatic heterocycles. The summed E-state index contributed by atoms with van der Waals surface area (Å²) in [6.45, 7) is 9.58. The minimum absolute atomic E-state index is 0.552. The lowest BCUT2D eigenvalue weighted by Gasteiger charge is -2.29. The third-order valence-corrected chi connectivity index (χ3v) is 5.11. The fourth-order valence-corrected chi connectivity index (χ4v) is 3.24. The number of morpholine rings is 1. The van der Waals surface area contributed by atoms with Crippen LogP contribution >= 0.6 is 0 Å².